The highest BCUT2D eigenvalue weighted by Gasteiger charge is 2.06. The van der Waals surface area contributed by atoms with Gasteiger partial charge in [0, 0.05) is 11.1 Å². The maximum absolute atomic E-state index is 6.23. The van der Waals surface area contributed by atoms with Crippen LogP contribution in [0.5, 0.6) is 0 Å². The van der Waals surface area contributed by atoms with Crippen LogP contribution in [-0.2, 0) is 12.8 Å². The van der Waals surface area contributed by atoms with Crippen molar-refractivity contribution in [2.24, 2.45) is 5.73 Å². The van der Waals surface area contributed by atoms with E-state index in [9.17, 15) is 0 Å². The smallest absolute Gasteiger partial charge is 0.0406 e. The van der Waals surface area contributed by atoms with Crippen molar-refractivity contribution in [2.45, 2.75) is 32.7 Å². The summed E-state index contributed by atoms with van der Waals surface area (Å²) >= 11 is 5.88. The van der Waals surface area contributed by atoms with Crippen molar-refractivity contribution >= 4 is 11.6 Å². The molecule has 1 unspecified atom stereocenters. The monoisotopic (exact) mass is 273 g/mol. The summed E-state index contributed by atoms with van der Waals surface area (Å²) < 4.78 is 0. The number of nitrogens with two attached hydrogens (primary N) is 1. The van der Waals surface area contributed by atoms with E-state index in [-0.39, 0.29) is 6.04 Å². The van der Waals surface area contributed by atoms with Gasteiger partial charge in [0.2, 0.25) is 0 Å². The highest BCUT2D eigenvalue weighted by molar-refractivity contribution is 6.30. The minimum Gasteiger partial charge on any atom is -0.327 e. The standard InChI is InChI=1S/C17H20ClN/c1-12-3-4-15(9-13(12)2)11-17(19)10-14-5-7-16(18)8-6-14/h3-9,17H,10-11,19H2,1-2H3. The van der Waals surface area contributed by atoms with Gasteiger partial charge in [-0.05, 0) is 61.1 Å². The van der Waals surface area contributed by atoms with Crippen LogP contribution in [0.2, 0.25) is 5.02 Å². The molecule has 1 nitrogen and oxygen atoms in total. The summed E-state index contributed by atoms with van der Waals surface area (Å²) in [4.78, 5) is 0. The molecule has 2 aromatic rings. The van der Waals surface area contributed by atoms with Crippen LogP contribution in [0.15, 0.2) is 42.5 Å². The van der Waals surface area contributed by atoms with Crippen LogP contribution < -0.4 is 5.73 Å². The molecular formula is C17H20ClN. The summed E-state index contributed by atoms with van der Waals surface area (Å²) in [7, 11) is 0. The number of rotatable bonds is 4. The molecule has 0 aromatic heterocycles. The predicted octanol–water partition coefficient (Wildman–Crippen LogP) is 4.07. The molecule has 0 aliphatic rings. The Bertz CT molecular complexity index is 546. The Hall–Kier alpha value is -1.31. The van der Waals surface area contributed by atoms with Crippen molar-refractivity contribution in [1.82, 2.24) is 0 Å². The van der Waals surface area contributed by atoms with E-state index >= 15 is 0 Å². The Balaban J connectivity index is 1.98. The first-order valence-corrected chi connectivity index (χ1v) is 6.98. The summed E-state index contributed by atoms with van der Waals surface area (Å²) in [5.74, 6) is 0. The molecule has 100 valence electrons. The van der Waals surface area contributed by atoms with Crippen LogP contribution in [0.3, 0.4) is 0 Å². The fourth-order valence-electron chi connectivity index (χ4n) is 2.23. The summed E-state index contributed by atoms with van der Waals surface area (Å²) in [6.45, 7) is 4.27. The van der Waals surface area contributed by atoms with Crippen molar-refractivity contribution in [1.29, 1.82) is 0 Å². The average molecular weight is 274 g/mol. The van der Waals surface area contributed by atoms with Gasteiger partial charge < -0.3 is 5.73 Å². The van der Waals surface area contributed by atoms with Crippen molar-refractivity contribution in [3.63, 3.8) is 0 Å². The summed E-state index contributed by atoms with van der Waals surface area (Å²) in [5, 5.41) is 0.770. The van der Waals surface area contributed by atoms with E-state index in [1.807, 2.05) is 24.3 Å². The van der Waals surface area contributed by atoms with Gasteiger partial charge in [0.05, 0.1) is 0 Å². The topological polar surface area (TPSA) is 26.0 Å². The molecule has 2 N–H and O–H groups in total. The lowest BCUT2D eigenvalue weighted by Gasteiger charge is -2.13. The number of hydrogen-bond acceptors (Lipinski definition) is 1. The molecule has 0 fully saturated rings. The van der Waals surface area contributed by atoms with Crippen molar-refractivity contribution in [3.05, 3.63) is 69.7 Å². The lowest BCUT2D eigenvalue weighted by atomic mass is 9.97. The maximum atomic E-state index is 6.23. The van der Waals surface area contributed by atoms with Crippen LogP contribution in [0.25, 0.3) is 0 Å². The quantitative estimate of drug-likeness (QED) is 0.893. The van der Waals surface area contributed by atoms with Gasteiger partial charge in [0.25, 0.3) is 0 Å². The minimum absolute atomic E-state index is 0.142. The van der Waals surface area contributed by atoms with E-state index in [0.29, 0.717) is 0 Å². The average Bonchev–Trinajstić information content (AvgIpc) is 2.37. The molecule has 0 heterocycles. The summed E-state index contributed by atoms with van der Waals surface area (Å²) in [5.41, 5.74) is 11.4. The maximum Gasteiger partial charge on any atom is 0.0406 e. The number of halogens is 1. The molecule has 19 heavy (non-hydrogen) atoms. The molecule has 0 aliphatic heterocycles. The minimum atomic E-state index is 0.142. The van der Waals surface area contributed by atoms with Crippen molar-refractivity contribution < 1.29 is 0 Å². The normalized spacial score (nSPS) is 12.4. The third-order valence-electron chi connectivity index (χ3n) is 3.48. The van der Waals surface area contributed by atoms with E-state index in [4.69, 9.17) is 17.3 Å². The molecule has 2 aromatic carbocycles. The van der Waals surface area contributed by atoms with Gasteiger partial charge >= 0.3 is 0 Å². The Morgan fingerprint density at radius 3 is 2.11 bits per heavy atom. The molecule has 0 aliphatic carbocycles. The Morgan fingerprint density at radius 2 is 1.47 bits per heavy atom. The van der Waals surface area contributed by atoms with Gasteiger partial charge in [0.1, 0.15) is 0 Å². The first kappa shape index (κ1) is 14.1. The fraction of sp³-hybridized carbons (Fsp3) is 0.294. The van der Waals surface area contributed by atoms with Gasteiger partial charge in [-0.2, -0.15) is 0 Å². The molecule has 0 amide bonds. The molecule has 0 saturated heterocycles. The lowest BCUT2D eigenvalue weighted by molar-refractivity contribution is 0.664. The van der Waals surface area contributed by atoms with Crippen LogP contribution in [-0.4, -0.2) is 6.04 Å². The van der Waals surface area contributed by atoms with Crippen molar-refractivity contribution in [2.75, 3.05) is 0 Å². The van der Waals surface area contributed by atoms with Gasteiger partial charge in [-0.25, -0.2) is 0 Å². The molecular weight excluding hydrogens is 254 g/mol. The predicted molar refractivity (Wildman–Crippen MR) is 82.8 cm³/mol. The molecule has 0 radical (unpaired) electrons. The van der Waals surface area contributed by atoms with Gasteiger partial charge in [-0.3, -0.25) is 0 Å². The second-order valence-corrected chi connectivity index (χ2v) is 5.65. The highest BCUT2D eigenvalue weighted by atomic mass is 35.5. The van der Waals surface area contributed by atoms with Gasteiger partial charge in [0.15, 0.2) is 0 Å². The molecule has 0 bridgehead atoms. The number of aryl methyl sites for hydroxylation is 2. The van der Waals surface area contributed by atoms with E-state index in [2.05, 4.69) is 32.0 Å². The SMILES string of the molecule is Cc1ccc(CC(N)Cc2ccc(Cl)cc2)cc1C. The lowest BCUT2D eigenvalue weighted by Crippen LogP contribution is -2.25. The molecule has 2 rings (SSSR count). The Labute approximate surface area is 120 Å². The van der Waals surface area contributed by atoms with Gasteiger partial charge in [-0.1, -0.05) is 41.9 Å². The highest BCUT2D eigenvalue weighted by Crippen LogP contribution is 2.14. The van der Waals surface area contributed by atoms with Crippen LogP contribution >= 0.6 is 11.6 Å². The fourth-order valence-corrected chi connectivity index (χ4v) is 2.35. The van der Waals surface area contributed by atoms with Gasteiger partial charge in [-0.15, -0.1) is 0 Å². The molecule has 0 spiro atoms. The zero-order valence-electron chi connectivity index (χ0n) is 11.5. The van der Waals surface area contributed by atoms with Crippen LogP contribution in [0.1, 0.15) is 22.3 Å². The third-order valence-corrected chi connectivity index (χ3v) is 3.73. The summed E-state index contributed by atoms with van der Waals surface area (Å²) in [6.07, 6.45) is 1.79. The Morgan fingerprint density at radius 1 is 0.895 bits per heavy atom. The third kappa shape index (κ3) is 4.09. The molecule has 2 heteroatoms. The Kier molecular flexibility index (Phi) is 4.62. The summed E-state index contributed by atoms with van der Waals surface area (Å²) in [6, 6.07) is 14.6. The van der Waals surface area contributed by atoms with Crippen LogP contribution in [0.4, 0.5) is 0 Å². The van der Waals surface area contributed by atoms with Crippen LogP contribution in [0, 0.1) is 13.8 Å². The molecule has 1 atom stereocenters. The van der Waals surface area contributed by atoms with E-state index in [1.165, 1.54) is 22.3 Å². The number of benzene rings is 2. The van der Waals surface area contributed by atoms with E-state index < -0.39 is 0 Å². The first-order chi connectivity index (χ1) is 9.04. The molecule has 0 saturated carbocycles. The zero-order valence-corrected chi connectivity index (χ0v) is 12.2. The second-order valence-electron chi connectivity index (χ2n) is 5.21. The number of hydrogen-bond donors (Lipinski definition) is 1. The first-order valence-electron chi connectivity index (χ1n) is 6.61. The van der Waals surface area contributed by atoms with Crippen molar-refractivity contribution in [3.8, 4) is 0 Å². The largest absolute Gasteiger partial charge is 0.327 e. The zero-order chi connectivity index (χ0) is 13.8. The van der Waals surface area contributed by atoms with E-state index in [1.54, 1.807) is 0 Å². The second kappa shape index (κ2) is 6.23. The van der Waals surface area contributed by atoms with E-state index in [0.717, 1.165) is 17.9 Å².